The second-order valence-corrected chi connectivity index (χ2v) is 7.08. The SMILES string of the molecule is COc1ccc2c(c1)C(NC1CCS(=O)CC1)CCO2. The third-order valence-electron chi connectivity index (χ3n) is 4.08. The van der Waals surface area contributed by atoms with Gasteiger partial charge in [0.25, 0.3) is 0 Å². The van der Waals surface area contributed by atoms with Gasteiger partial charge in [0.15, 0.2) is 0 Å². The van der Waals surface area contributed by atoms with Gasteiger partial charge in [-0.05, 0) is 31.0 Å². The van der Waals surface area contributed by atoms with Crippen molar-refractivity contribution in [3.63, 3.8) is 0 Å². The van der Waals surface area contributed by atoms with E-state index in [9.17, 15) is 4.21 Å². The summed E-state index contributed by atoms with van der Waals surface area (Å²) in [5, 5.41) is 3.72. The van der Waals surface area contributed by atoms with Gasteiger partial charge in [-0.15, -0.1) is 0 Å². The summed E-state index contributed by atoms with van der Waals surface area (Å²) in [6.45, 7) is 0.746. The third kappa shape index (κ3) is 2.99. The van der Waals surface area contributed by atoms with Gasteiger partial charge < -0.3 is 14.8 Å². The molecule has 1 N–H and O–H groups in total. The van der Waals surface area contributed by atoms with E-state index in [2.05, 4.69) is 11.4 Å². The minimum atomic E-state index is -0.602. The predicted molar refractivity (Wildman–Crippen MR) is 79.9 cm³/mol. The lowest BCUT2D eigenvalue weighted by atomic mass is 9.98. The highest BCUT2D eigenvalue weighted by molar-refractivity contribution is 7.85. The quantitative estimate of drug-likeness (QED) is 0.927. The molecule has 5 heteroatoms. The van der Waals surface area contributed by atoms with Crippen LogP contribution in [0.2, 0.25) is 0 Å². The van der Waals surface area contributed by atoms with Crippen molar-refractivity contribution in [3.8, 4) is 11.5 Å². The highest BCUT2D eigenvalue weighted by Gasteiger charge is 2.26. The summed E-state index contributed by atoms with van der Waals surface area (Å²) in [4.78, 5) is 0. The Kier molecular flexibility index (Phi) is 4.27. The van der Waals surface area contributed by atoms with Crippen molar-refractivity contribution in [3.05, 3.63) is 23.8 Å². The van der Waals surface area contributed by atoms with Gasteiger partial charge in [-0.2, -0.15) is 0 Å². The zero-order valence-corrected chi connectivity index (χ0v) is 12.6. The van der Waals surface area contributed by atoms with E-state index in [1.54, 1.807) is 7.11 Å². The van der Waals surface area contributed by atoms with Gasteiger partial charge in [0.1, 0.15) is 11.5 Å². The van der Waals surface area contributed by atoms with Crippen LogP contribution in [-0.4, -0.2) is 35.5 Å². The van der Waals surface area contributed by atoms with E-state index in [1.165, 1.54) is 5.56 Å². The van der Waals surface area contributed by atoms with E-state index in [0.717, 1.165) is 48.9 Å². The van der Waals surface area contributed by atoms with E-state index in [1.807, 2.05) is 12.1 Å². The molecule has 2 aliphatic rings. The lowest BCUT2D eigenvalue weighted by molar-refractivity contribution is 0.240. The van der Waals surface area contributed by atoms with E-state index >= 15 is 0 Å². The van der Waals surface area contributed by atoms with Crippen molar-refractivity contribution in [2.24, 2.45) is 0 Å². The van der Waals surface area contributed by atoms with Crippen LogP contribution in [0, 0.1) is 0 Å². The zero-order chi connectivity index (χ0) is 13.9. The highest BCUT2D eigenvalue weighted by atomic mass is 32.2. The molecule has 1 aromatic carbocycles. The van der Waals surface area contributed by atoms with Crippen LogP contribution in [0.25, 0.3) is 0 Å². The number of benzene rings is 1. The summed E-state index contributed by atoms with van der Waals surface area (Å²) in [5.74, 6) is 3.47. The predicted octanol–water partition coefficient (Wildman–Crippen LogP) is 2.02. The Balaban J connectivity index is 1.73. The van der Waals surface area contributed by atoms with Crippen LogP contribution >= 0.6 is 0 Å². The van der Waals surface area contributed by atoms with Crippen LogP contribution in [-0.2, 0) is 10.8 Å². The van der Waals surface area contributed by atoms with Crippen molar-refractivity contribution in [1.82, 2.24) is 5.32 Å². The minimum Gasteiger partial charge on any atom is -0.497 e. The molecule has 0 bridgehead atoms. The number of fused-ring (bicyclic) bond motifs is 1. The molecule has 0 saturated carbocycles. The molecule has 1 unspecified atom stereocenters. The molecule has 0 aromatic heterocycles. The maximum atomic E-state index is 11.4. The van der Waals surface area contributed by atoms with Crippen LogP contribution in [0.1, 0.15) is 30.9 Å². The molecule has 0 spiro atoms. The Morgan fingerprint density at radius 2 is 2.10 bits per heavy atom. The fourth-order valence-electron chi connectivity index (χ4n) is 2.92. The lowest BCUT2D eigenvalue weighted by Gasteiger charge is -2.32. The fourth-order valence-corrected chi connectivity index (χ4v) is 4.22. The first-order valence-electron chi connectivity index (χ1n) is 7.18. The number of hydrogen-bond donors (Lipinski definition) is 1. The molecule has 0 radical (unpaired) electrons. The minimum absolute atomic E-state index is 0.311. The molecule has 110 valence electrons. The van der Waals surface area contributed by atoms with Gasteiger partial charge in [-0.1, -0.05) is 0 Å². The van der Waals surface area contributed by atoms with Crippen molar-refractivity contribution >= 4 is 10.8 Å². The fraction of sp³-hybridized carbons (Fsp3) is 0.600. The van der Waals surface area contributed by atoms with E-state index in [-0.39, 0.29) is 0 Å². The van der Waals surface area contributed by atoms with E-state index in [0.29, 0.717) is 12.1 Å². The molecule has 0 amide bonds. The summed E-state index contributed by atoms with van der Waals surface area (Å²) < 4.78 is 22.5. The Bertz CT molecular complexity index is 496. The first kappa shape index (κ1) is 13.9. The maximum absolute atomic E-state index is 11.4. The Morgan fingerprint density at radius 3 is 2.85 bits per heavy atom. The molecule has 1 fully saturated rings. The number of rotatable bonds is 3. The monoisotopic (exact) mass is 295 g/mol. The Hall–Kier alpha value is -1.07. The summed E-state index contributed by atoms with van der Waals surface area (Å²) in [7, 11) is 1.08. The Morgan fingerprint density at radius 1 is 1.30 bits per heavy atom. The second-order valence-electron chi connectivity index (χ2n) is 5.38. The van der Waals surface area contributed by atoms with Gasteiger partial charge in [-0.3, -0.25) is 4.21 Å². The standard InChI is InChI=1S/C15H21NO3S/c1-18-12-2-3-15-13(10-12)14(4-7-19-15)16-11-5-8-20(17)9-6-11/h2-3,10-11,14,16H,4-9H2,1H3. The van der Waals surface area contributed by atoms with Crippen molar-refractivity contribution in [2.75, 3.05) is 25.2 Å². The van der Waals surface area contributed by atoms with E-state index in [4.69, 9.17) is 9.47 Å². The molecule has 1 saturated heterocycles. The normalized spacial score (nSPS) is 29.4. The molecule has 20 heavy (non-hydrogen) atoms. The van der Waals surface area contributed by atoms with Crippen molar-refractivity contribution in [2.45, 2.75) is 31.3 Å². The van der Waals surface area contributed by atoms with Gasteiger partial charge in [-0.25, -0.2) is 0 Å². The van der Waals surface area contributed by atoms with Gasteiger partial charge >= 0.3 is 0 Å². The molecule has 2 heterocycles. The van der Waals surface area contributed by atoms with Gasteiger partial charge in [0.2, 0.25) is 0 Å². The topological polar surface area (TPSA) is 47.6 Å². The molecule has 4 nitrogen and oxygen atoms in total. The maximum Gasteiger partial charge on any atom is 0.124 e. The highest BCUT2D eigenvalue weighted by Crippen LogP contribution is 2.35. The zero-order valence-electron chi connectivity index (χ0n) is 11.8. The molecule has 2 aliphatic heterocycles. The molecule has 1 atom stereocenters. The molecule has 3 rings (SSSR count). The van der Waals surface area contributed by atoms with Crippen LogP contribution in [0.15, 0.2) is 18.2 Å². The van der Waals surface area contributed by atoms with Crippen LogP contribution in [0.3, 0.4) is 0 Å². The number of nitrogens with one attached hydrogen (secondary N) is 1. The largest absolute Gasteiger partial charge is 0.497 e. The summed E-state index contributed by atoms with van der Waals surface area (Å²) in [6.07, 6.45) is 2.98. The first-order chi connectivity index (χ1) is 9.76. The van der Waals surface area contributed by atoms with Gasteiger partial charge in [0, 0.05) is 46.4 Å². The number of hydrogen-bond acceptors (Lipinski definition) is 4. The van der Waals surface area contributed by atoms with Gasteiger partial charge in [0.05, 0.1) is 13.7 Å². The molecular formula is C15H21NO3S. The summed E-state index contributed by atoms with van der Waals surface area (Å²) in [6, 6.07) is 6.76. The lowest BCUT2D eigenvalue weighted by Crippen LogP contribution is -2.39. The third-order valence-corrected chi connectivity index (χ3v) is 5.46. The van der Waals surface area contributed by atoms with E-state index < -0.39 is 10.8 Å². The summed E-state index contributed by atoms with van der Waals surface area (Å²) >= 11 is 0. The molecule has 1 aromatic rings. The average Bonchev–Trinajstić information content (AvgIpc) is 2.49. The summed E-state index contributed by atoms with van der Waals surface area (Å²) in [5.41, 5.74) is 1.18. The molecular weight excluding hydrogens is 274 g/mol. The second kappa shape index (κ2) is 6.14. The number of methoxy groups -OCH3 is 1. The number of ether oxygens (including phenoxy) is 2. The van der Waals surface area contributed by atoms with Crippen molar-refractivity contribution < 1.29 is 13.7 Å². The van der Waals surface area contributed by atoms with Crippen LogP contribution in [0.5, 0.6) is 11.5 Å². The first-order valence-corrected chi connectivity index (χ1v) is 8.67. The van der Waals surface area contributed by atoms with Crippen LogP contribution in [0.4, 0.5) is 0 Å². The Labute approximate surface area is 122 Å². The van der Waals surface area contributed by atoms with Crippen LogP contribution < -0.4 is 14.8 Å². The van der Waals surface area contributed by atoms with Crippen molar-refractivity contribution in [1.29, 1.82) is 0 Å². The smallest absolute Gasteiger partial charge is 0.124 e. The average molecular weight is 295 g/mol. The molecule has 0 aliphatic carbocycles.